The smallest absolute Gasteiger partial charge is 0.450 e. The normalized spacial score (nSPS) is 14.7. The molecular formula is C21H32F3N5O5. The minimum Gasteiger partial charge on any atom is -0.450 e. The Hall–Kier alpha value is -2.99. The summed E-state index contributed by atoms with van der Waals surface area (Å²) in [5.74, 6) is -1.89. The van der Waals surface area contributed by atoms with Crippen LogP contribution in [0.5, 0.6) is 0 Å². The summed E-state index contributed by atoms with van der Waals surface area (Å²) in [6, 6.07) is -1.18. The van der Waals surface area contributed by atoms with E-state index < -0.39 is 35.9 Å². The summed E-state index contributed by atoms with van der Waals surface area (Å²) < 4.78 is 50.9. The number of halogens is 3. The lowest BCUT2D eigenvalue weighted by Gasteiger charge is -2.32. The van der Waals surface area contributed by atoms with Gasteiger partial charge in [0.1, 0.15) is 11.4 Å². The van der Waals surface area contributed by atoms with E-state index in [1.165, 1.54) is 15.8 Å². The van der Waals surface area contributed by atoms with Crippen LogP contribution in [0, 0.1) is 0 Å². The molecule has 1 aromatic rings. The van der Waals surface area contributed by atoms with Gasteiger partial charge < -0.3 is 20.1 Å². The number of aromatic nitrogens is 2. The van der Waals surface area contributed by atoms with E-state index in [2.05, 4.69) is 10.4 Å². The van der Waals surface area contributed by atoms with Crippen molar-refractivity contribution in [3.05, 3.63) is 11.8 Å². The second kappa shape index (κ2) is 11.4. The summed E-state index contributed by atoms with van der Waals surface area (Å²) in [4.78, 5) is 37.6. The molecule has 0 bridgehead atoms. The minimum atomic E-state index is -5.11. The van der Waals surface area contributed by atoms with Crippen molar-refractivity contribution in [2.24, 2.45) is 0 Å². The number of carbonyl (C=O) groups is 3. The van der Waals surface area contributed by atoms with E-state index >= 15 is 0 Å². The molecule has 0 aliphatic carbocycles. The van der Waals surface area contributed by atoms with Gasteiger partial charge in [-0.1, -0.05) is 13.3 Å². The van der Waals surface area contributed by atoms with E-state index in [1.54, 1.807) is 20.8 Å². The van der Waals surface area contributed by atoms with E-state index in [0.717, 1.165) is 6.42 Å². The zero-order valence-corrected chi connectivity index (χ0v) is 19.8. The van der Waals surface area contributed by atoms with Gasteiger partial charge >= 0.3 is 24.3 Å². The van der Waals surface area contributed by atoms with Crippen molar-refractivity contribution >= 4 is 23.9 Å². The monoisotopic (exact) mass is 491 g/mol. The predicted octanol–water partition coefficient (Wildman–Crippen LogP) is 3.66. The highest BCUT2D eigenvalue weighted by atomic mass is 19.4. The number of fused-ring (bicyclic) bond motifs is 1. The van der Waals surface area contributed by atoms with Gasteiger partial charge in [-0.15, -0.1) is 0 Å². The van der Waals surface area contributed by atoms with Gasteiger partial charge in [-0.3, -0.25) is 9.69 Å². The van der Waals surface area contributed by atoms with E-state index in [9.17, 15) is 27.6 Å². The first kappa shape index (κ1) is 27.3. The fraction of sp³-hybridized carbons (Fsp3) is 0.714. The molecular weight excluding hydrogens is 459 g/mol. The van der Waals surface area contributed by atoms with Crippen LogP contribution in [0.25, 0.3) is 0 Å². The number of alkyl carbamates (subject to hydrolysis) is 1. The molecule has 1 aliphatic rings. The Morgan fingerprint density at radius 1 is 1.21 bits per heavy atom. The maximum Gasteiger partial charge on any atom is 0.471 e. The van der Waals surface area contributed by atoms with Gasteiger partial charge in [-0.2, -0.15) is 18.3 Å². The average Bonchev–Trinajstić information content (AvgIpc) is 3.15. The average molecular weight is 492 g/mol. The highest BCUT2D eigenvalue weighted by molar-refractivity contribution is 5.88. The number of nitrogens with zero attached hydrogens (tertiary/aromatic N) is 3. The lowest BCUT2D eigenvalue weighted by molar-refractivity contribution is -0.174. The van der Waals surface area contributed by atoms with Crippen LogP contribution in [0.1, 0.15) is 65.0 Å². The molecule has 3 amide bonds. The molecule has 2 rings (SSSR count). The predicted molar refractivity (Wildman–Crippen MR) is 116 cm³/mol. The number of nitrogens with one attached hydrogen (secondary N) is 2. The topological polar surface area (TPSA) is 115 Å². The Labute approximate surface area is 196 Å². The van der Waals surface area contributed by atoms with Gasteiger partial charge in [0, 0.05) is 25.2 Å². The SMILES string of the molecule is CCCCOC(=O)NCCC(NC(=O)C(F)(F)F)c1cnn2c1N(C(=O)OC(C)(C)C)CCC2. The van der Waals surface area contributed by atoms with Gasteiger partial charge in [-0.05, 0) is 40.0 Å². The number of alkyl halides is 3. The Morgan fingerprint density at radius 3 is 2.53 bits per heavy atom. The van der Waals surface area contributed by atoms with Crippen LogP contribution < -0.4 is 15.5 Å². The maximum absolute atomic E-state index is 13.0. The first-order valence-electron chi connectivity index (χ1n) is 11.2. The second-order valence-corrected chi connectivity index (χ2v) is 8.86. The molecule has 1 aromatic heterocycles. The van der Waals surface area contributed by atoms with Crippen LogP contribution in [0.4, 0.5) is 28.6 Å². The second-order valence-electron chi connectivity index (χ2n) is 8.86. The molecule has 0 spiro atoms. The van der Waals surface area contributed by atoms with Crippen LogP contribution in [-0.2, 0) is 20.8 Å². The molecule has 0 saturated heterocycles. The van der Waals surface area contributed by atoms with Crippen molar-refractivity contribution in [3.8, 4) is 0 Å². The van der Waals surface area contributed by atoms with E-state index in [-0.39, 0.29) is 37.5 Å². The highest BCUT2D eigenvalue weighted by Gasteiger charge is 2.41. The van der Waals surface area contributed by atoms with Crippen LogP contribution >= 0.6 is 0 Å². The molecule has 0 fully saturated rings. The van der Waals surface area contributed by atoms with E-state index in [1.807, 2.05) is 12.2 Å². The lowest BCUT2D eigenvalue weighted by Crippen LogP contribution is -2.43. The number of amides is 3. The summed E-state index contributed by atoms with van der Waals surface area (Å²) in [7, 11) is 0. The largest absolute Gasteiger partial charge is 0.471 e. The molecule has 13 heteroatoms. The maximum atomic E-state index is 13.0. The number of unbranched alkanes of at least 4 members (excludes halogenated alkanes) is 1. The van der Waals surface area contributed by atoms with Crippen molar-refractivity contribution in [3.63, 3.8) is 0 Å². The quantitative estimate of drug-likeness (QED) is 0.537. The third-order valence-corrected chi connectivity index (χ3v) is 4.83. The van der Waals surface area contributed by atoms with Gasteiger partial charge in [0.15, 0.2) is 0 Å². The van der Waals surface area contributed by atoms with Crippen molar-refractivity contribution in [2.45, 2.75) is 77.7 Å². The standard InChI is InChI=1S/C21H32F3N5O5/c1-5-6-12-33-18(31)25-9-8-15(27-17(30)21(22,23)24)14-13-26-29-11-7-10-28(16(14)29)19(32)34-20(2,3)4/h13,15H,5-12H2,1-4H3,(H,25,31)(H,27,30). The minimum absolute atomic E-state index is 0.0786. The summed E-state index contributed by atoms with van der Waals surface area (Å²) in [5, 5.41) is 8.61. The number of anilines is 1. The highest BCUT2D eigenvalue weighted by Crippen LogP contribution is 2.33. The molecule has 2 heterocycles. The number of ether oxygens (including phenoxy) is 2. The van der Waals surface area contributed by atoms with Crippen LogP contribution in [0.3, 0.4) is 0 Å². The molecule has 1 unspecified atom stereocenters. The zero-order chi connectivity index (χ0) is 25.5. The summed E-state index contributed by atoms with van der Waals surface area (Å²) in [6.07, 6.45) is -3.18. The number of hydrogen-bond acceptors (Lipinski definition) is 6. The van der Waals surface area contributed by atoms with Crippen LogP contribution in [-0.4, -0.2) is 59.3 Å². The summed E-state index contributed by atoms with van der Waals surface area (Å²) in [5.41, 5.74) is -0.574. The number of rotatable bonds is 8. The van der Waals surface area contributed by atoms with Crippen molar-refractivity contribution < 1.29 is 37.0 Å². The van der Waals surface area contributed by atoms with Crippen LogP contribution in [0.2, 0.25) is 0 Å². The number of aryl methyl sites for hydroxylation is 1. The molecule has 192 valence electrons. The molecule has 10 nitrogen and oxygen atoms in total. The summed E-state index contributed by atoms with van der Waals surface area (Å²) >= 11 is 0. The van der Waals surface area contributed by atoms with E-state index in [0.29, 0.717) is 19.4 Å². The molecule has 1 aliphatic heterocycles. The molecule has 1 atom stereocenters. The Balaban J connectivity index is 2.25. The number of carbonyl (C=O) groups excluding carboxylic acids is 3. The Bertz CT molecular complexity index is 866. The fourth-order valence-corrected chi connectivity index (χ4v) is 3.30. The van der Waals surface area contributed by atoms with Gasteiger partial charge in [0.25, 0.3) is 0 Å². The van der Waals surface area contributed by atoms with Gasteiger partial charge in [0.05, 0.1) is 18.8 Å². The first-order valence-corrected chi connectivity index (χ1v) is 11.2. The third kappa shape index (κ3) is 7.80. The van der Waals surface area contributed by atoms with Crippen molar-refractivity contribution in [2.75, 3.05) is 24.6 Å². The summed E-state index contributed by atoms with van der Waals surface area (Å²) in [6.45, 7) is 7.89. The van der Waals surface area contributed by atoms with E-state index in [4.69, 9.17) is 9.47 Å². The molecule has 0 radical (unpaired) electrons. The first-order chi connectivity index (χ1) is 15.8. The van der Waals surface area contributed by atoms with Crippen molar-refractivity contribution in [1.82, 2.24) is 20.4 Å². The van der Waals surface area contributed by atoms with Gasteiger partial charge in [0.2, 0.25) is 0 Å². The van der Waals surface area contributed by atoms with Crippen molar-refractivity contribution in [1.29, 1.82) is 0 Å². The molecule has 2 N–H and O–H groups in total. The third-order valence-electron chi connectivity index (χ3n) is 4.83. The molecule has 0 aromatic carbocycles. The molecule has 34 heavy (non-hydrogen) atoms. The Kier molecular flexibility index (Phi) is 9.16. The van der Waals surface area contributed by atoms with Crippen LogP contribution in [0.15, 0.2) is 6.20 Å². The lowest BCUT2D eigenvalue weighted by atomic mass is 10.1. The zero-order valence-electron chi connectivity index (χ0n) is 19.8. The van der Waals surface area contributed by atoms with Gasteiger partial charge in [-0.25, -0.2) is 14.3 Å². The Morgan fingerprint density at radius 2 is 1.91 bits per heavy atom. The molecule has 0 saturated carbocycles. The fourth-order valence-electron chi connectivity index (χ4n) is 3.30. The number of hydrogen-bond donors (Lipinski definition) is 2.